The summed E-state index contributed by atoms with van der Waals surface area (Å²) in [5.41, 5.74) is -0.684. The Morgan fingerprint density at radius 1 is 1.29 bits per heavy atom. The maximum atomic E-state index is 12.7. The van der Waals surface area contributed by atoms with E-state index >= 15 is 0 Å². The van der Waals surface area contributed by atoms with Crippen LogP contribution in [0.5, 0.6) is 0 Å². The molecule has 0 aliphatic heterocycles. The molecule has 3 aromatic rings. The monoisotopic (exact) mass is 297 g/mol. The fraction of sp³-hybridized carbons (Fsp3) is 0.273. The van der Waals surface area contributed by atoms with Gasteiger partial charge in [-0.15, -0.1) is 0 Å². The molecule has 0 aromatic carbocycles. The van der Waals surface area contributed by atoms with Crippen LogP contribution >= 0.6 is 0 Å². The molecule has 2 N–H and O–H groups in total. The number of fused-ring (bicyclic) bond motifs is 1. The fourth-order valence-corrected chi connectivity index (χ4v) is 1.85. The van der Waals surface area contributed by atoms with Crippen LogP contribution in [0.15, 0.2) is 24.8 Å². The predicted octanol–water partition coefficient (Wildman–Crippen LogP) is 1.52. The average molecular weight is 297 g/mol. The van der Waals surface area contributed by atoms with Gasteiger partial charge >= 0.3 is 6.18 Å². The molecule has 0 saturated heterocycles. The summed E-state index contributed by atoms with van der Waals surface area (Å²) in [6, 6.07) is 0.962. The Balaban J connectivity index is 1.80. The predicted molar refractivity (Wildman–Crippen MR) is 66.6 cm³/mol. The molecule has 3 heterocycles. The number of rotatable bonds is 4. The Labute approximate surface area is 116 Å². The molecule has 0 radical (unpaired) electrons. The molecule has 10 heteroatoms. The average Bonchev–Trinajstić information content (AvgIpc) is 3.06. The summed E-state index contributed by atoms with van der Waals surface area (Å²) in [7, 11) is 0. The number of nitrogens with zero attached hydrogens (tertiary/aromatic N) is 5. The minimum absolute atomic E-state index is 0.266. The summed E-state index contributed by atoms with van der Waals surface area (Å²) in [5, 5.41) is 12.9. The lowest BCUT2D eigenvalue weighted by Crippen LogP contribution is -2.08. The van der Waals surface area contributed by atoms with E-state index in [0.717, 1.165) is 10.6 Å². The van der Waals surface area contributed by atoms with E-state index in [0.29, 0.717) is 24.6 Å². The molecule has 0 amide bonds. The first-order chi connectivity index (χ1) is 10.0. The van der Waals surface area contributed by atoms with Gasteiger partial charge < -0.3 is 5.32 Å². The second-order valence-electron chi connectivity index (χ2n) is 4.24. The number of halogens is 3. The number of aromatic nitrogens is 6. The molecule has 7 nitrogen and oxygen atoms in total. The first-order valence-electron chi connectivity index (χ1n) is 6.04. The molecular formula is C11H10F3N7. The van der Waals surface area contributed by atoms with Gasteiger partial charge in [0.15, 0.2) is 11.5 Å². The normalized spacial score (nSPS) is 12.0. The third-order valence-corrected chi connectivity index (χ3v) is 2.80. The fourth-order valence-electron chi connectivity index (χ4n) is 1.85. The molecule has 3 aromatic heterocycles. The van der Waals surface area contributed by atoms with Crippen molar-refractivity contribution < 1.29 is 13.2 Å². The summed E-state index contributed by atoms with van der Waals surface area (Å²) < 4.78 is 39.1. The van der Waals surface area contributed by atoms with E-state index < -0.39 is 11.9 Å². The number of H-pyrrole nitrogens is 1. The van der Waals surface area contributed by atoms with E-state index in [-0.39, 0.29) is 5.52 Å². The zero-order valence-corrected chi connectivity index (χ0v) is 10.6. The molecule has 0 unspecified atom stereocenters. The van der Waals surface area contributed by atoms with Crippen LogP contribution in [0.25, 0.3) is 5.52 Å². The van der Waals surface area contributed by atoms with Gasteiger partial charge in [0.2, 0.25) is 0 Å². The zero-order chi connectivity index (χ0) is 14.9. The van der Waals surface area contributed by atoms with Crippen LogP contribution in [0.4, 0.5) is 19.0 Å². The summed E-state index contributed by atoms with van der Waals surface area (Å²) >= 11 is 0. The minimum atomic E-state index is -4.48. The zero-order valence-electron chi connectivity index (χ0n) is 10.6. The van der Waals surface area contributed by atoms with Gasteiger partial charge in [-0.25, -0.2) is 14.5 Å². The lowest BCUT2D eigenvalue weighted by Gasteiger charge is -2.05. The number of hydrogen-bond acceptors (Lipinski definition) is 5. The Morgan fingerprint density at radius 2 is 2.14 bits per heavy atom. The topological polar surface area (TPSA) is 83.8 Å². The van der Waals surface area contributed by atoms with Gasteiger partial charge in [0, 0.05) is 31.4 Å². The van der Waals surface area contributed by atoms with Gasteiger partial charge in [-0.3, -0.25) is 5.10 Å². The van der Waals surface area contributed by atoms with Crippen molar-refractivity contribution in [2.45, 2.75) is 12.6 Å². The SMILES string of the molecule is FC(F)(F)c1cc2c(NCCc3ncn[nH]3)nccn2n1. The lowest BCUT2D eigenvalue weighted by molar-refractivity contribution is -0.141. The smallest absolute Gasteiger partial charge is 0.368 e. The highest BCUT2D eigenvalue weighted by atomic mass is 19.4. The van der Waals surface area contributed by atoms with E-state index in [9.17, 15) is 13.2 Å². The maximum absolute atomic E-state index is 12.7. The summed E-state index contributed by atoms with van der Waals surface area (Å²) in [6.45, 7) is 0.453. The van der Waals surface area contributed by atoms with Crippen LogP contribution in [0.1, 0.15) is 11.5 Å². The Kier molecular flexibility index (Phi) is 3.20. The van der Waals surface area contributed by atoms with Crippen molar-refractivity contribution >= 4 is 11.3 Å². The molecule has 0 bridgehead atoms. The van der Waals surface area contributed by atoms with Crippen LogP contribution in [0, 0.1) is 0 Å². The first-order valence-corrected chi connectivity index (χ1v) is 6.04. The largest absolute Gasteiger partial charge is 0.435 e. The van der Waals surface area contributed by atoms with Crippen molar-refractivity contribution in [3.8, 4) is 0 Å². The van der Waals surface area contributed by atoms with E-state index in [1.807, 2.05) is 0 Å². The van der Waals surface area contributed by atoms with E-state index in [1.165, 1.54) is 18.7 Å². The molecule has 0 atom stereocenters. The van der Waals surface area contributed by atoms with Gasteiger partial charge in [0.25, 0.3) is 0 Å². The summed E-state index contributed by atoms with van der Waals surface area (Å²) in [6.07, 6.45) is 0.205. The molecule has 0 aliphatic rings. The van der Waals surface area contributed by atoms with E-state index in [4.69, 9.17) is 0 Å². The Morgan fingerprint density at radius 3 is 2.86 bits per heavy atom. The summed E-state index contributed by atoms with van der Waals surface area (Å²) in [4.78, 5) is 7.99. The van der Waals surface area contributed by atoms with E-state index in [1.54, 1.807) is 0 Å². The van der Waals surface area contributed by atoms with Gasteiger partial charge in [-0.05, 0) is 0 Å². The summed E-state index contributed by atoms with van der Waals surface area (Å²) in [5.74, 6) is 1.01. The van der Waals surface area contributed by atoms with Gasteiger partial charge in [-0.1, -0.05) is 0 Å². The molecule has 0 aliphatic carbocycles. The molecule has 110 valence electrons. The first kappa shape index (κ1) is 13.3. The van der Waals surface area contributed by atoms with Crippen molar-refractivity contribution in [1.29, 1.82) is 0 Å². The third-order valence-electron chi connectivity index (χ3n) is 2.80. The molecule has 3 rings (SSSR count). The number of aromatic amines is 1. The molecule has 0 fully saturated rings. The molecule has 0 saturated carbocycles. The highest BCUT2D eigenvalue weighted by Gasteiger charge is 2.34. The maximum Gasteiger partial charge on any atom is 0.435 e. The van der Waals surface area contributed by atoms with Gasteiger partial charge in [-0.2, -0.15) is 23.4 Å². The van der Waals surface area contributed by atoms with Crippen molar-refractivity contribution in [3.63, 3.8) is 0 Å². The van der Waals surface area contributed by atoms with Crippen LogP contribution in [0.3, 0.4) is 0 Å². The second kappa shape index (κ2) is 5.04. The van der Waals surface area contributed by atoms with Crippen molar-refractivity contribution in [1.82, 2.24) is 29.8 Å². The quantitative estimate of drug-likeness (QED) is 0.763. The van der Waals surface area contributed by atoms with Crippen LogP contribution < -0.4 is 5.32 Å². The van der Waals surface area contributed by atoms with Crippen LogP contribution in [-0.2, 0) is 12.6 Å². The third kappa shape index (κ3) is 2.78. The van der Waals surface area contributed by atoms with Crippen molar-refractivity contribution in [2.75, 3.05) is 11.9 Å². The number of anilines is 1. The van der Waals surface area contributed by atoms with Crippen LogP contribution in [-0.4, -0.2) is 36.3 Å². The van der Waals surface area contributed by atoms with Crippen LogP contribution in [0.2, 0.25) is 0 Å². The molecular weight excluding hydrogens is 287 g/mol. The van der Waals surface area contributed by atoms with Crippen molar-refractivity contribution in [3.05, 3.63) is 36.3 Å². The van der Waals surface area contributed by atoms with Gasteiger partial charge in [0.05, 0.1) is 0 Å². The number of nitrogens with one attached hydrogen (secondary N) is 2. The lowest BCUT2D eigenvalue weighted by atomic mass is 10.3. The van der Waals surface area contributed by atoms with Crippen molar-refractivity contribution in [2.24, 2.45) is 0 Å². The molecule has 0 spiro atoms. The minimum Gasteiger partial charge on any atom is -0.368 e. The standard InChI is InChI=1S/C11H10F3N7/c12-11(13,14)8-5-7-10(16-3-4-21(7)20-8)15-2-1-9-17-6-18-19-9/h3-6H,1-2H2,(H,15,16)(H,17,18,19). The Hall–Kier alpha value is -2.65. The molecule has 21 heavy (non-hydrogen) atoms. The highest BCUT2D eigenvalue weighted by Crippen LogP contribution is 2.29. The number of alkyl halides is 3. The number of hydrogen-bond donors (Lipinski definition) is 2. The van der Waals surface area contributed by atoms with E-state index in [2.05, 4.69) is 30.6 Å². The second-order valence-corrected chi connectivity index (χ2v) is 4.24. The Bertz CT molecular complexity index is 732. The highest BCUT2D eigenvalue weighted by molar-refractivity contribution is 5.67. The van der Waals surface area contributed by atoms with Gasteiger partial charge in [0.1, 0.15) is 17.7 Å².